The van der Waals surface area contributed by atoms with E-state index in [0.29, 0.717) is 12.0 Å². The lowest BCUT2D eigenvalue weighted by Gasteiger charge is -2.15. The van der Waals surface area contributed by atoms with E-state index in [1.165, 1.54) is 6.07 Å². The van der Waals surface area contributed by atoms with Crippen LogP contribution >= 0.6 is 0 Å². The molecule has 0 spiro atoms. The fraction of sp³-hybridized carbons (Fsp3) is 0.500. The van der Waals surface area contributed by atoms with Crippen molar-refractivity contribution in [2.45, 2.75) is 33.6 Å². The Kier molecular flexibility index (Phi) is 4.82. The summed E-state index contributed by atoms with van der Waals surface area (Å²) in [6, 6.07) is 3.23. The summed E-state index contributed by atoms with van der Waals surface area (Å²) in [5.74, 6) is -0.859. The molecule has 2 nitrogen and oxygen atoms in total. The van der Waals surface area contributed by atoms with Crippen molar-refractivity contribution in [1.82, 2.24) is 0 Å². The van der Waals surface area contributed by atoms with E-state index in [1.54, 1.807) is 6.92 Å². The van der Waals surface area contributed by atoms with Crippen LogP contribution in [0.4, 0.5) is 4.39 Å². The second kappa shape index (κ2) is 5.92. The van der Waals surface area contributed by atoms with Gasteiger partial charge < -0.3 is 5.73 Å². The zero-order valence-corrected chi connectivity index (χ0v) is 10.7. The number of benzene rings is 1. The predicted octanol–water partition coefficient (Wildman–Crippen LogP) is 3.00. The van der Waals surface area contributed by atoms with Gasteiger partial charge in [0.15, 0.2) is 5.78 Å². The third kappa shape index (κ3) is 3.13. The molecule has 1 unspecified atom stereocenters. The van der Waals surface area contributed by atoms with Gasteiger partial charge in [-0.15, -0.1) is 0 Å². The Morgan fingerprint density at radius 3 is 2.53 bits per heavy atom. The molecule has 0 saturated carbocycles. The number of aryl methyl sites for hydroxylation is 2. The molecule has 17 heavy (non-hydrogen) atoms. The highest BCUT2D eigenvalue weighted by atomic mass is 19.1. The van der Waals surface area contributed by atoms with Crippen molar-refractivity contribution in [3.05, 3.63) is 34.6 Å². The molecule has 1 aromatic carbocycles. The van der Waals surface area contributed by atoms with E-state index in [0.717, 1.165) is 12.0 Å². The molecule has 0 bridgehead atoms. The Hall–Kier alpha value is -1.22. The lowest BCUT2D eigenvalue weighted by Crippen LogP contribution is -2.25. The monoisotopic (exact) mass is 237 g/mol. The van der Waals surface area contributed by atoms with Crippen molar-refractivity contribution in [1.29, 1.82) is 0 Å². The maximum absolute atomic E-state index is 13.8. The first-order valence-electron chi connectivity index (χ1n) is 6.02. The molecule has 0 aliphatic carbocycles. The van der Waals surface area contributed by atoms with Gasteiger partial charge in [0.05, 0.1) is 5.56 Å². The predicted molar refractivity (Wildman–Crippen MR) is 67.7 cm³/mol. The first kappa shape index (κ1) is 13.8. The highest BCUT2D eigenvalue weighted by molar-refractivity contribution is 5.99. The second-order valence-electron chi connectivity index (χ2n) is 4.52. The molecule has 0 aromatic heterocycles. The summed E-state index contributed by atoms with van der Waals surface area (Å²) in [6.07, 6.45) is 1.59. The van der Waals surface area contributed by atoms with Crippen molar-refractivity contribution in [2.24, 2.45) is 11.7 Å². The van der Waals surface area contributed by atoms with Crippen LogP contribution in [0.2, 0.25) is 0 Å². The third-order valence-corrected chi connectivity index (χ3v) is 2.97. The van der Waals surface area contributed by atoms with Gasteiger partial charge in [0, 0.05) is 12.5 Å². The standard InChI is InChI=1S/C14H20FNO/c1-4-5-11(8-16)14(17)13-10(3)6-9(2)7-12(13)15/h6-7,11H,4-5,8,16H2,1-3H3. The maximum Gasteiger partial charge on any atom is 0.170 e. The van der Waals surface area contributed by atoms with E-state index in [1.807, 2.05) is 19.9 Å². The number of hydrogen-bond acceptors (Lipinski definition) is 2. The molecule has 94 valence electrons. The highest BCUT2D eigenvalue weighted by Crippen LogP contribution is 2.21. The molecule has 2 N–H and O–H groups in total. The maximum atomic E-state index is 13.8. The van der Waals surface area contributed by atoms with E-state index in [-0.39, 0.29) is 23.8 Å². The van der Waals surface area contributed by atoms with Crippen molar-refractivity contribution in [3.8, 4) is 0 Å². The fourth-order valence-electron chi connectivity index (χ4n) is 2.14. The number of hydrogen-bond donors (Lipinski definition) is 1. The Morgan fingerprint density at radius 1 is 1.41 bits per heavy atom. The van der Waals surface area contributed by atoms with Gasteiger partial charge in [-0.3, -0.25) is 4.79 Å². The lowest BCUT2D eigenvalue weighted by atomic mass is 9.90. The minimum absolute atomic E-state index is 0.163. The third-order valence-electron chi connectivity index (χ3n) is 2.97. The molecule has 1 atom stereocenters. The summed E-state index contributed by atoms with van der Waals surface area (Å²) in [6.45, 7) is 5.85. The van der Waals surface area contributed by atoms with Gasteiger partial charge in [-0.05, 0) is 37.5 Å². The quantitative estimate of drug-likeness (QED) is 0.800. The Balaban J connectivity index is 3.11. The Labute approximate surface area is 102 Å². The minimum Gasteiger partial charge on any atom is -0.330 e. The van der Waals surface area contributed by atoms with E-state index >= 15 is 0 Å². The first-order chi connectivity index (χ1) is 8.01. The average molecular weight is 237 g/mol. The zero-order chi connectivity index (χ0) is 13.0. The van der Waals surface area contributed by atoms with Gasteiger partial charge in [-0.25, -0.2) is 4.39 Å². The van der Waals surface area contributed by atoms with Crippen LogP contribution in [0.5, 0.6) is 0 Å². The van der Waals surface area contributed by atoms with E-state index in [9.17, 15) is 9.18 Å². The number of carbonyl (C=O) groups excluding carboxylic acids is 1. The largest absolute Gasteiger partial charge is 0.330 e. The van der Waals surface area contributed by atoms with Crippen LogP contribution in [0, 0.1) is 25.6 Å². The molecule has 0 saturated heterocycles. The Morgan fingerprint density at radius 2 is 2.06 bits per heavy atom. The number of carbonyl (C=O) groups is 1. The van der Waals surface area contributed by atoms with Gasteiger partial charge in [-0.2, -0.15) is 0 Å². The molecule has 1 rings (SSSR count). The molecule has 0 radical (unpaired) electrons. The van der Waals surface area contributed by atoms with Crippen molar-refractivity contribution < 1.29 is 9.18 Å². The van der Waals surface area contributed by atoms with E-state index in [4.69, 9.17) is 5.73 Å². The fourth-order valence-corrected chi connectivity index (χ4v) is 2.14. The average Bonchev–Trinajstić information content (AvgIpc) is 2.24. The summed E-state index contributed by atoms with van der Waals surface area (Å²) < 4.78 is 13.8. The summed E-state index contributed by atoms with van der Waals surface area (Å²) in [5, 5.41) is 0. The van der Waals surface area contributed by atoms with Gasteiger partial charge in [0.1, 0.15) is 5.82 Å². The van der Waals surface area contributed by atoms with Crippen LogP contribution in [0.15, 0.2) is 12.1 Å². The molecule has 0 amide bonds. The summed E-state index contributed by atoms with van der Waals surface area (Å²) >= 11 is 0. The van der Waals surface area contributed by atoms with Gasteiger partial charge in [0.25, 0.3) is 0 Å². The molecule has 0 aliphatic heterocycles. The van der Waals surface area contributed by atoms with Gasteiger partial charge >= 0.3 is 0 Å². The minimum atomic E-state index is -0.429. The Bertz CT molecular complexity index is 392. The lowest BCUT2D eigenvalue weighted by molar-refractivity contribution is 0.0912. The normalized spacial score (nSPS) is 12.5. The van der Waals surface area contributed by atoms with Crippen LogP contribution in [0.3, 0.4) is 0 Å². The molecule has 1 aromatic rings. The van der Waals surface area contributed by atoms with Crippen LogP contribution < -0.4 is 5.73 Å². The molecule has 3 heteroatoms. The van der Waals surface area contributed by atoms with Crippen molar-refractivity contribution in [2.75, 3.05) is 6.54 Å². The summed E-state index contributed by atoms with van der Waals surface area (Å²) in [5.41, 5.74) is 7.32. The molecule has 0 aliphatic rings. The number of Topliss-reactive ketones (excluding diaryl/α,β-unsaturated/α-hetero) is 1. The summed E-state index contributed by atoms with van der Waals surface area (Å²) in [7, 11) is 0. The number of rotatable bonds is 5. The summed E-state index contributed by atoms with van der Waals surface area (Å²) in [4.78, 5) is 12.2. The molecular weight excluding hydrogens is 217 g/mol. The number of ketones is 1. The zero-order valence-electron chi connectivity index (χ0n) is 10.7. The van der Waals surface area contributed by atoms with Crippen LogP contribution in [0.1, 0.15) is 41.3 Å². The number of nitrogens with two attached hydrogens (primary N) is 1. The molecular formula is C14H20FNO. The molecule has 0 fully saturated rings. The SMILES string of the molecule is CCCC(CN)C(=O)c1c(C)cc(C)cc1F. The second-order valence-corrected chi connectivity index (χ2v) is 4.52. The smallest absolute Gasteiger partial charge is 0.170 e. The van der Waals surface area contributed by atoms with E-state index in [2.05, 4.69) is 0 Å². The van der Waals surface area contributed by atoms with E-state index < -0.39 is 5.82 Å². The van der Waals surface area contributed by atoms with Crippen molar-refractivity contribution in [3.63, 3.8) is 0 Å². The number of halogens is 1. The van der Waals surface area contributed by atoms with Crippen LogP contribution in [-0.2, 0) is 0 Å². The topological polar surface area (TPSA) is 43.1 Å². The van der Waals surface area contributed by atoms with Gasteiger partial charge in [-0.1, -0.05) is 19.4 Å². The first-order valence-corrected chi connectivity index (χ1v) is 6.02. The van der Waals surface area contributed by atoms with Crippen LogP contribution in [-0.4, -0.2) is 12.3 Å². The molecule has 0 heterocycles. The van der Waals surface area contributed by atoms with Gasteiger partial charge in [0.2, 0.25) is 0 Å². The van der Waals surface area contributed by atoms with Crippen molar-refractivity contribution >= 4 is 5.78 Å². The highest BCUT2D eigenvalue weighted by Gasteiger charge is 2.22. The van der Waals surface area contributed by atoms with Crippen LogP contribution in [0.25, 0.3) is 0 Å².